The normalized spacial score (nSPS) is 25.3. The zero-order valence-corrected chi connectivity index (χ0v) is 14.4. The third-order valence-corrected chi connectivity index (χ3v) is 5.41. The van der Waals surface area contributed by atoms with Crippen LogP contribution in [-0.4, -0.2) is 13.7 Å². The number of aryl methyl sites for hydroxylation is 1. The third-order valence-electron chi connectivity index (χ3n) is 5.41. The van der Waals surface area contributed by atoms with E-state index >= 15 is 0 Å². The van der Waals surface area contributed by atoms with Crippen LogP contribution in [0.25, 0.3) is 0 Å². The Bertz CT molecular complexity index is 728. The molecule has 1 N–H and O–H groups in total. The van der Waals surface area contributed by atoms with Gasteiger partial charge in [-0.25, -0.2) is 0 Å². The second-order valence-electron chi connectivity index (χ2n) is 6.74. The molecule has 3 atom stereocenters. The fourth-order valence-electron chi connectivity index (χ4n) is 4.17. The van der Waals surface area contributed by atoms with Crippen LogP contribution in [0.5, 0.6) is 5.75 Å². The van der Waals surface area contributed by atoms with Crippen LogP contribution < -0.4 is 10.1 Å². The SMILES string of the molecule is CCc1ccc2c(c1)[C@@H]1OCCC[C@H]1[C@@H](c1ccccc1OC)N2. The molecule has 0 unspecified atom stereocenters. The van der Waals surface area contributed by atoms with Crippen LogP contribution in [0.3, 0.4) is 0 Å². The van der Waals surface area contributed by atoms with Gasteiger partial charge in [0.25, 0.3) is 0 Å². The molecule has 0 saturated carbocycles. The van der Waals surface area contributed by atoms with E-state index in [-0.39, 0.29) is 12.1 Å². The highest BCUT2D eigenvalue weighted by atomic mass is 16.5. The quantitative estimate of drug-likeness (QED) is 0.872. The maximum atomic E-state index is 6.25. The monoisotopic (exact) mass is 323 g/mol. The fraction of sp³-hybridized carbons (Fsp3) is 0.429. The topological polar surface area (TPSA) is 30.5 Å². The minimum Gasteiger partial charge on any atom is -0.496 e. The molecule has 2 aliphatic rings. The number of methoxy groups -OCH3 is 1. The van der Waals surface area contributed by atoms with Crippen molar-refractivity contribution in [1.82, 2.24) is 0 Å². The molecular formula is C21H25NO2. The van der Waals surface area contributed by atoms with Crippen molar-refractivity contribution in [3.63, 3.8) is 0 Å². The highest BCUT2D eigenvalue weighted by Gasteiger charge is 2.40. The van der Waals surface area contributed by atoms with Crippen molar-refractivity contribution in [1.29, 1.82) is 0 Å². The molecule has 2 aromatic rings. The van der Waals surface area contributed by atoms with Crippen molar-refractivity contribution >= 4 is 5.69 Å². The van der Waals surface area contributed by atoms with E-state index in [4.69, 9.17) is 9.47 Å². The number of benzene rings is 2. The van der Waals surface area contributed by atoms with Gasteiger partial charge in [-0.05, 0) is 37.0 Å². The number of fused-ring (bicyclic) bond motifs is 3. The Morgan fingerprint density at radius 3 is 2.88 bits per heavy atom. The van der Waals surface area contributed by atoms with Gasteiger partial charge in [0.1, 0.15) is 5.75 Å². The molecule has 0 radical (unpaired) electrons. The summed E-state index contributed by atoms with van der Waals surface area (Å²) in [6, 6.07) is 15.3. The first-order valence-corrected chi connectivity index (χ1v) is 8.95. The minimum atomic E-state index is 0.177. The summed E-state index contributed by atoms with van der Waals surface area (Å²) in [5.41, 5.74) is 5.13. The van der Waals surface area contributed by atoms with Gasteiger partial charge in [0, 0.05) is 29.3 Å². The lowest BCUT2D eigenvalue weighted by atomic mass is 9.77. The molecule has 3 heteroatoms. The first-order valence-electron chi connectivity index (χ1n) is 8.95. The zero-order valence-electron chi connectivity index (χ0n) is 14.4. The van der Waals surface area contributed by atoms with Gasteiger partial charge >= 0.3 is 0 Å². The van der Waals surface area contributed by atoms with Gasteiger partial charge in [-0.15, -0.1) is 0 Å². The van der Waals surface area contributed by atoms with Crippen LogP contribution in [0, 0.1) is 5.92 Å². The molecule has 2 heterocycles. The average Bonchev–Trinajstić information content (AvgIpc) is 2.67. The Hall–Kier alpha value is -2.00. The number of anilines is 1. The van der Waals surface area contributed by atoms with E-state index in [2.05, 4.69) is 42.6 Å². The molecule has 2 aromatic carbocycles. The highest BCUT2D eigenvalue weighted by Crippen LogP contribution is 2.50. The van der Waals surface area contributed by atoms with Gasteiger partial charge in [-0.3, -0.25) is 0 Å². The standard InChI is InChI=1S/C21H25NO2/c1-3-14-10-11-18-17(13-14)21-16(8-6-12-24-21)20(22-18)15-7-4-5-9-19(15)23-2/h4-5,7,9-11,13,16,20-22H,3,6,8,12H2,1-2H3/t16-,20+,21+/m0/s1. The molecule has 2 aliphatic heterocycles. The Kier molecular flexibility index (Phi) is 4.19. The van der Waals surface area contributed by atoms with Crippen molar-refractivity contribution in [3.05, 3.63) is 59.2 Å². The average molecular weight is 323 g/mol. The first-order chi connectivity index (χ1) is 11.8. The van der Waals surface area contributed by atoms with Gasteiger partial charge in [-0.2, -0.15) is 0 Å². The lowest BCUT2D eigenvalue weighted by Gasteiger charge is -2.43. The summed E-state index contributed by atoms with van der Waals surface area (Å²) in [7, 11) is 1.75. The number of ether oxygens (including phenoxy) is 2. The Morgan fingerprint density at radius 2 is 2.04 bits per heavy atom. The molecule has 3 nitrogen and oxygen atoms in total. The van der Waals surface area contributed by atoms with E-state index in [0.717, 1.165) is 25.2 Å². The Labute approximate surface area is 144 Å². The van der Waals surface area contributed by atoms with E-state index in [0.29, 0.717) is 5.92 Å². The van der Waals surface area contributed by atoms with E-state index in [1.165, 1.54) is 28.8 Å². The number of hydrogen-bond acceptors (Lipinski definition) is 3. The smallest absolute Gasteiger partial charge is 0.124 e. The summed E-state index contributed by atoms with van der Waals surface area (Å²) in [6.45, 7) is 3.06. The van der Waals surface area contributed by atoms with E-state index in [1.54, 1.807) is 7.11 Å². The lowest BCUT2D eigenvalue weighted by Crippen LogP contribution is -2.36. The van der Waals surface area contributed by atoms with Crippen molar-refractivity contribution in [2.24, 2.45) is 5.92 Å². The maximum Gasteiger partial charge on any atom is 0.124 e. The fourth-order valence-corrected chi connectivity index (χ4v) is 4.17. The summed E-state index contributed by atoms with van der Waals surface area (Å²) in [4.78, 5) is 0. The number of rotatable bonds is 3. The first kappa shape index (κ1) is 15.5. The number of nitrogens with one attached hydrogen (secondary N) is 1. The maximum absolute atomic E-state index is 6.25. The van der Waals surface area contributed by atoms with E-state index in [1.807, 2.05) is 12.1 Å². The van der Waals surface area contributed by atoms with Gasteiger partial charge < -0.3 is 14.8 Å². The Balaban J connectivity index is 1.79. The third kappa shape index (κ3) is 2.57. The molecule has 126 valence electrons. The van der Waals surface area contributed by atoms with E-state index < -0.39 is 0 Å². The predicted octanol–water partition coefficient (Wildman–Crippen LogP) is 4.89. The predicted molar refractivity (Wildman–Crippen MR) is 96.6 cm³/mol. The molecule has 4 rings (SSSR count). The minimum absolute atomic E-state index is 0.177. The van der Waals surface area contributed by atoms with Crippen LogP contribution in [0.2, 0.25) is 0 Å². The van der Waals surface area contributed by atoms with E-state index in [9.17, 15) is 0 Å². The second kappa shape index (κ2) is 6.48. The highest BCUT2D eigenvalue weighted by molar-refractivity contribution is 5.59. The second-order valence-corrected chi connectivity index (χ2v) is 6.74. The van der Waals surface area contributed by atoms with Crippen LogP contribution >= 0.6 is 0 Å². The van der Waals surface area contributed by atoms with Crippen molar-refractivity contribution in [2.45, 2.75) is 38.3 Å². The molecule has 0 aliphatic carbocycles. The van der Waals surface area contributed by atoms with Gasteiger partial charge in [0.2, 0.25) is 0 Å². The van der Waals surface area contributed by atoms with Crippen LogP contribution in [0.1, 0.15) is 48.6 Å². The Morgan fingerprint density at radius 1 is 1.17 bits per heavy atom. The summed E-state index contributed by atoms with van der Waals surface area (Å²) in [5.74, 6) is 1.39. The van der Waals surface area contributed by atoms with Gasteiger partial charge in [-0.1, -0.05) is 37.3 Å². The molecule has 0 aromatic heterocycles. The molecule has 1 fully saturated rings. The molecular weight excluding hydrogens is 298 g/mol. The van der Waals surface area contributed by atoms with Gasteiger partial charge in [0.15, 0.2) is 0 Å². The summed E-state index contributed by atoms with van der Waals surface area (Å²) in [5, 5.41) is 3.78. The molecule has 24 heavy (non-hydrogen) atoms. The van der Waals surface area contributed by atoms with Crippen LogP contribution in [-0.2, 0) is 11.2 Å². The molecule has 0 bridgehead atoms. The number of para-hydroxylation sites is 1. The van der Waals surface area contributed by atoms with Crippen LogP contribution in [0.15, 0.2) is 42.5 Å². The lowest BCUT2D eigenvalue weighted by molar-refractivity contribution is -0.0383. The number of hydrogen-bond donors (Lipinski definition) is 1. The van der Waals surface area contributed by atoms with Crippen LogP contribution in [0.4, 0.5) is 5.69 Å². The zero-order chi connectivity index (χ0) is 16.5. The van der Waals surface area contributed by atoms with Crippen molar-refractivity contribution in [3.8, 4) is 5.75 Å². The van der Waals surface area contributed by atoms with Gasteiger partial charge in [0.05, 0.1) is 19.3 Å². The molecule has 0 amide bonds. The summed E-state index contributed by atoms with van der Waals surface area (Å²) >= 11 is 0. The summed E-state index contributed by atoms with van der Waals surface area (Å²) in [6.07, 6.45) is 3.53. The summed E-state index contributed by atoms with van der Waals surface area (Å²) < 4.78 is 11.9. The van der Waals surface area contributed by atoms with Crippen molar-refractivity contribution in [2.75, 3.05) is 19.0 Å². The molecule has 1 saturated heterocycles. The van der Waals surface area contributed by atoms with Crippen molar-refractivity contribution < 1.29 is 9.47 Å². The largest absolute Gasteiger partial charge is 0.496 e. The molecule has 0 spiro atoms.